The molecule has 0 aromatic heterocycles. The molecule has 1 nitrogen and oxygen atoms in total. The highest BCUT2D eigenvalue weighted by atomic mass is 14.7. The van der Waals surface area contributed by atoms with Crippen LogP contribution in [0.2, 0.25) is 0 Å². The summed E-state index contributed by atoms with van der Waals surface area (Å²) in [6.45, 7) is 9.74. The summed E-state index contributed by atoms with van der Waals surface area (Å²) in [6, 6.07) is 0.282. The van der Waals surface area contributed by atoms with Gasteiger partial charge >= 0.3 is 0 Å². The number of aliphatic imine (C=N–C) groups is 1. The maximum atomic E-state index is 3.85. The Kier molecular flexibility index (Phi) is 4.02. The summed E-state index contributed by atoms with van der Waals surface area (Å²) in [6.07, 6.45) is 3.24. The molecule has 52 valence electrons. The van der Waals surface area contributed by atoms with Gasteiger partial charge in [0.1, 0.15) is 0 Å². The van der Waals surface area contributed by atoms with E-state index in [0.717, 1.165) is 6.42 Å². The van der Waals surface area contributed by atoms with Crippen LogP contribution in [0.5, 0.6) is 0 Å². The first-order chi connectivity index (χ1) is 4.20. The van der Waals surface area contributed by atoms with Crippen LogP contribution >= 0.6 is 0 Å². The fraction of sp³-hybridized carbons (Fsp3) is 0.625. The van der Waals surface area contributed by atoms with Gasteiger partial charge < -0.3 is 0 Å². The minimum Gasteiger partial charge on any atom is -0.294 e. The van der Waals surface area contributed by atoms with E-state index in [1.54, 1.807) is 0 Å². The lowest BCUT2D eigenvalue weighted by Gasteiger charge is -1.98. The Morgan fingerprint density at radius 2 is 2.33 bits per heavy atom. The lowest BCUT2D eigenvalue weighted by Crippen LogP contribution is -1.91. The predicted molar refractivity (Wildman–Crippen MR) is 43.1 cm³/mol. The van der Waals surface area contributed by atoms with Gasteiger partial charge in [0.25, 0.3) is 0 Å². The molecule has 0 fully saturated rings. The van der Waals surface area contributed by atoms with E-state index in [-0.39, 0.29) is 6.04 Å². The SMILES string of the molecule is C=NC(C)/C=C(\C)CC. The van der Waals surface area contributed by atoms with Gasteiger partial charge in [-0.15, -0.1) is 0 Å². The maximum Gasteiger partial charge on any atom is 0.0647 e. The van der Waals surface area contributed by atoms with E-state index in [4.69, 9.17) is 0 Å². The molecule has 0 aromatic rings. The van der Waals surface area contributed by atoms with E-state index in [0.29, 0.717) is 0 Å². The Morgan fingerprint density at radius 1 is 1.78 bits per heavy atom. The zero-order valence-corrected chi connectivity index (χ0v) is 6.52. The van der Waals surface area contributed by atoms with Gasteiger partial charge in [0, 0.05) is 0 Å². The predicted octanol–water partition coefficient (Wildman–Crippen LogP) is 2.43. The molecule has 0 bridgehead atoms. The molecule has 1 unspecified atom stereocenters. The first-order valence-electron chi connectivity index (χ1n) is 3.33. The standard InChI is InChI=1S/C8H15N/c1-5-7(2)6-8(3)9-4/h6,8H,4-5H2,1-3H3/b7-6+. The van der Waals surface area contributed by atoms with Gasteiger partial charge in [-0.3, -0.25) is 4.99 Å². The monoisotopic (exact) mass is 125 g/mol. The molecule has 0 saturated heterocycles. The summed E-state index contributed by atoms with van der Waals surface area (Å²) in [7, 11) is 0. The fourth-order valence-corrected chi connectivity index (χ4v) is 0.582. The average molecular weight is 125 g/mol. The minimum atomic E-state index is 0.282. The highest BCUT2D eigenvalue weighted by Crippen LogP contribution is 2.01. The third-order valence-corrected chi connectivity index (χ3v) is 1.37. The van der Waals surface area contributed by atoms with Crippen molar-refractivity contribution in [1.29, 1.82) is 0 Å². The van der Waals surface area contributed by atoms with Gasteiger partial charge in [0.2, 0.25) is 0 Å². The number of hydrogen-bond acceptors (Lipinski definition) is 1. The third-order valence-electron chi connectivity index (χ3n) is 1.37. The molecule has 0 saturated carbocycles. The van der Waals surface area contributed by atoms with E-state index in [1.165, 1.54) is 5.57 Å². The zero-order valence-electron chi connectivity index (χ0n) is 6.52. The molecule has 0 aliphatic heterocycles. The van der Waals surface area contributed by atoms with Crippen LogP contribution in [0.25, 0.3) is 0 Å². The van der Waals surface area contributed by atoms with E-state index >= 15 is 0 Å². The van der Waals surface area contributed by atoms with Crippen LogP contribution in [0.3, 0.4) is 0 Å². The molecule has 0 rings (SSSR count). The van der Waals surface area contributed by atoms with Crippen molar-refractivity contribution in [3.8, 4) is 0 Å². The normalized spacial score (nSPS) is 15.2. The topological polar surface area (TPSA) is 12.4 Å². The van der Waals surface area contributed by atoms with E-state index in [9.17, 15) is 0 Å². The van der Waals surface area contributed by atoms with Gasteiger partial charge in [0.15, 0.2) is 0 Å². The lowest BCUT2D eigenvalue weighted by atomic mass is 10.2. The van der Waals surface area contributed by atoms with Gasteiger partial charge in [-0.1, -0.05) is 18.6 Å². The molecule has 0 aliphatic carbocycles. The summed E-state index contributed by atoms with van der Waals surface area (Å²) in [5.41, 5.74) is 1.38. The van der Waals surface area contributed by atoms with Crippen molar-refractivity contribution in [2.24, 2.45) is 4.99 Å². The Balaban J connectivity index is 3.78. The second-order valence-electron chi connectivity index (χ2n) is 2.29. The molecular weight excluding hydrogens is 110 g/mol. The zero-order chi connectivity index (χ0) is 7.28. The van der Waals surface area contributed by atoms with Crippen LogP contribution in [0.15, 0.2) is 16.6 Å². The van der Waals surface area contributed by atoms with E-state index in [1.807, 2.05) is 6.92 Å². The van der Waals surface area contributed by atoms with Crippen LogP contribution in [-0.2, 0) is 0 Å². The third kappa shape index (κ3) is 3.95. The Hall–Kier alpha value is -0.590. The molecule has 0 amide bonds. The second-order valence-corrected chi connectivity index (χ2v) is 2.29. The number of allylic oxidation sites excluding steroid dienone is 1. The summed E-state index contributed by atoms with van der Waals surface area (Å²) in [5, 5.41) is 0. The first-order valence-corrected chi connectivity index (χ1v) is 3.33. The molecule has 0 N–H and O–H groups in total. The maximum absolute atomic E-state index is 3.85. The van der Waals surface area contributed by atoms with Gasteiger partial charge in [0.05, 0.1) is 6.04 Å². The van der Waals surface area contributed by atoms with Crippen molar-refractivity contribution in [3.05, 3.63) is 11.6 Å². The molecule has 1 heteroatoms. The number of rotatable bonds is 3. The molecule has 0 aliphatic rings. The number of nitrogens with zero attached hydrogens (tertiary/aromatic N) is 1. The Bertz CT molecular complexity index is 114. The molecule has 9 heavy (non-hydrogen) atoms. The quantitative estimate of drug-likeness (QED) is 0.406. The Morgan fingerprint density at radius 3 is 2.67 bits per heavy atom. The van der Waals surface area contributed by atoms with Crippen molar-refractivity contribution in [2.75, 3.05) is 0 Å². The van der Waals surface area contributed by atoms with Gasteiger partial charge in [-0.05, 0) is 27.0 Å². The van der Waals surface area contributed by atoms with Crippen LogP contribution in [-0.4, -0.2) is 12.8 Å². The highest BCUT2D eigenvalue weighted by molar-refractivity contribution is 5.25. The summed E-state index contributed by atoms with van der Waals surface area (Å²) < 4.78 is 0. The molecule has 0 radical (unpaired) electrons. The van der Waals surface area contributed by atoms with Crippen LogP contribution < -0.4 is 0 Å². The first kappa shape index (κ1) is 8.41. The summed E-state index contributed by atoms with van der Waals surface area (Å²) >= 11 is 0. The van der Waals surface area contributed by atoms with E-state index in [2.05, 4.69) is 31.6 Å². The van der Waals surface area contributed by atoms with Crippen molar-refractivity contribution in [1.82, 2.24) is 0 Å². The summed E-state index contributed by atoms with van der Waals surface area (Å²) in [4.78, 5) is 3.85. The van der Waals surface area contributed by atoms with Crippen molar-refractivity contribution >= 4 is 6.72 Å². The molecule has 0 aromatic carbocycles. The average Bonchev–Trinajstić information content (AvgIpc) is 1.87. The van der Waals surface area contributed by atoms with Crippen LogP contribution in [0.4, 0.5) is 0 Å². The van der Waals surface area contributed by atoms with E-state index < -0.39 is 0 Å². The van der Waals surface area contributed by atoms with Gasteiger partial charge in [-0.2, -0.15) is 0 Å². The van der Waals surface area contributed by atoms with Gasteiger partial charge in [-0.25, -0.2) is 0 Å². The van der Waals surface area contributed by atoms with Crippen LogP contribution in [0, 0.1) is 0 Å². The van der Waals surface area contributed by atoms with Crippen molar-refractivity contribution in [3.63, 3.8) is 0 Å². The second kappa shape index (κ2) is 4.30. The smallest absolute Gasteiger partial charge is 0.0647 e. The molecule has 0 spiro atoms. The lowest BCUT2D eigenvalue weighted by molar-refractivity contribution is 0.909. The largest absolute Gasteiger partial charge is 0.294 e. The minimum absolute atomic E-state index is 0.282. The Labute approximate surface area is 57.5 Å². The highest BCUT2D eigenvalue weighted by Gasteiger charge is 1.89. The molecule has 0 heterocycles. The van der Waals surface area contributed by atoms with Crippen molar-refractivity contribution in [2.45, 2.75) is 33.2 Å². The molecule has 1 atom stereocenters. The van der Waals surface area contributed by atoms with Crippen LogP contribution in [0.1, 0.15) is 27.2 Å². The number of hydrogen-bond donors (Lipinski definition) is 0. The van der Waals surface area contributed by atoms with Crippen molar-refractivity contribution < 1.29 is 0 Å². The summed E-state index contributed by atoms with van der Waals surface area (Å²) in [5.74, 6) is 0. The molecular formula is C8H15N. The fourth-order valence-electron chi connectivity index (χ4n) is 0.582.